The molecule has 20 heavy (non-hydrogen) atoms. The number of rotatable bonds is 1. The van der Waals surface area contributed by atoms with E-state index in [0.717, 1.165) is 13.1 Å². The molecular formula is C16H31N3O. The lowest BCUT2D eigenvalue weighted by Crippen LogP contribution is -2.50. The number of amides is 1. The van der Waals surface area contributed by atoms with E-state index in [1.807, 2.05) is 13.8 Å². The van der Waals surface area contributed by atoms with Crippen molar-refractivity contribution in [3.63, 3.8) is 0 Å². The number of fused-ring (bicyclic) bond motifs is 1. The minimum absolute atomic E-state index is 0.149. The van der Waals surface area contributed by atoms with Crippen LogP contribution in [0.4, 0.5) is 0 Å². The van der Waals surface area contributed by atoms with E-state index in [1.54, 1.807) is 0 Å². The van der Waals surface area contributed by atoms with Crippen LogP contribution in [0, 0.1) is 0 Å². The zero-order valence-corrected chi connectivity index (χ0v) is 13.4. The van der Waals surface area contributed by atoms with Gasteiger partial charge in [0.05, 0.1) is 6.04 Å². The molecule has 0 radical (unpaired) electrons. The highest BCUT2D eigenvalue weighted by atomic mass is 16.2. The van der Waals surface area contributed by atoms with Gasteiger partial charge in [-0.25, -0.2) is 0 Å². The van der Waals surface area contributed by atoms with Gasteiger partial charge in [0.25, 0.3) is 0 Å². The molecule has 3 heterocycles. The van der Waals surface area contributed by atoms with E-state index in [9.17, 15) is 4.79 Å². The lowest BCUT2D eigenvalue weighted by Gasteiger charge is -2.37. The second-order valence-corrected chi connectivity index (χ2v) is 6.10. The minimum atomic E-state index is 0.149. The Bertz CT molecular complexity index is 312. The van der Waals surface area contributed by atoms with Crippen LogP contribution in [0.25, 0.3) is 0 Å². The first-order valence-corrected chi connectivity index (χ1v) is 8.51. The smallest absolute Gasteiger partial charge is 0.241 e. The highest BCUT2D eigenvalue weighted by molar-refractivity contribution is 5.85. The molecule has 1 amide bonds. The van der Waals surface area contributed by atoms with Gasteiger partial charge in [0.1, 0.15) is 0 Å². The van der Waals surface area contributed by atoms with Gasteiger partial charge in [-0.3, -0.25) is 4.79 Å². The number of piperidine rings is 1. The van der Waals surface area contributed by atoms with Crippen LogP contribution in [-0.2, 0) is 4.79 Å². The maximum atomic E-state index is 12.0. The van der Waals surface area contributed by atoms with Gasteiger partial charge in [-0.15, -0.1) is 0 Å². The molecule has 3 atom stereocenters. The van der Waals surface area contributed by atoms with Gasteiger partial charge < -0.3 is 15.1 Å². The molecule has 0 aromatic carbocycles. The lowest BCUT2D eigenvalue weighted by molar-refractivity contribution is -0.132. The van der Waals surface area contributed by atoms with Gasteiger partial charge >= 0.3 is 0 Å². The normalized spacial score (nSPS) is 34.1. The van der Waals surface area contributed by atoms with Crippen molar-refractivity contribution in [3.05, 3.63) is 0 Å². The van der Waals surface area contributed by atoms with E-state index >= 15 is 0 Å². The molecular weight excluding hydrogens is 250 g/mol. The highest BCUT2D eigenvalue weighted by Crippen LogP contribution is 2.30. The number of hydrogen-bond donors (Lipinski definition) is 1. The summed E-state index contributed by atoms with van der Waals surface area (Å²) < 4.78 is 0. The number of carbonyl (C=O) groups excluding carboxylic acids is 1. The van der Waals surface area contributed by atoms with E-state index in [4.69, 9.17) is 0 Å². The van der Waals surface area contributed by atoms with E-state index in [2.05, 4.69) is 22.2 Å². The van der Waals surface area contributed by atoms with Crippen molar-refractivity contribution in [3.8, 4) is 0 Å². The van der Waals surface area contributed by atoms with Crippen molar-refractivity contribution >= 4 is 5.91 Å². The van der Waals surface area contributed by atoms with Gasteiger partial charge in [-0.05, 0) is 32.9 Å². The summed E-state index contributed by atoms with van der Waals surface area (Å²) in [6, 6.07) is 1.27. The quantitative estimate of drug-likeness (QED) is 0.746. The van der Waals surface area contributed by atoms with Gasteiger partial charge in [0.15, 0.2) is 0 Å². The fourth-order valence-electron chi connectivity index (χ4n) is 3.12. The monoisotopic (exact) mass is 281 g/mol. The molecule has 3 aliphatic heterocycles. The summed E-state index contributed by atoms with van der Waals surface area (Å²) in [6.45, 7) is 7.06. The van der Waals surface area contributed by atoms with Crippen molar-refractivity contribution in [1.29, 1.82) is 0 Å². The summed E-state index contributed by atoms with van der Waals surface area (Å²) in [5.41, 5.74) is 0. The Balaban J connectivity index is 0.000000254. The van der Waals surface area contributed by atoms with E-state index in [0.29, 0.717) is 18.0 Å². The molecule has 0 aromatic rings. The van der Waals surface area contributed by atoms with Crippen LogP contribution in [0.2, 0.25) is 0 Å². The third kappa shape index (κ3) is 3.95. The second-order valence-electron chi connectivity index (χ2n) is 6.10. The van der Waals surface area contributed by atoms with Crippen LogP contribution < -0.4 is 5.32 Å². The molecule has 1 saturated carbocycles. The van der Waals surface area contributed by atoms with Crippen molar-refractivity contribution in [1.82, 2.24) is 15.1 Å². The first-order chi connectivity index (χ1) is 9.77. The number of nitrogens with zero attached hydrogens (tertiary/aromatic N) is 2. The fraction of sp³-hybridized carbons (Fsp3) is 0.938. The zero-order valence-electron chi connectivity index (χ0n) is 13.4. The second kappa shape index (κ2) is 7.41. The standard InChI is InChI=1S/C11H19N3O.C3H6.C2H6/c1-13-5-2-3-10-9(13)4-6-14(10)11(15)8-7-12-8;1-2-3-1;1-2/h8-10,12H,2-7H2,1H3;1-3H2;1-2H3. The Kier molecular flexibility index (Phi) is 5.85. The largest absolute Gasteiger partial charge is 0.337 e. The minimum Gasteiger partial charge on any atom is -0.337 e. The molecule has 0 spiro atoms. The number of likely N-dealkylation sites (tertiary alicyclic amines) is 2. The third-order valence-corrected chi connectivity index (χ3v) is 4.43. The summed E-state index contributed by atoms with van der Waals surface area (Å²) in [5.74, 6) is 0.345. The van der Waals surface area contributed by atoms with Crippen LogP contribution in [0.15, 0.2) is 0 Å². The Morgan fingerprint density at radius 2 is 1.65 bits per heavy atom. The number of hydrogen-bond acceptors (Lipinski definition) is 3. The Morgan fingerprint density at radius 3 is 2.20 bits per heavy atom. The molecule has 3 saturated heterocycles. The predicted molar refractivity (Wildman–Crippen MR) is 82.8 cm³/mol. The highest BCUT2D eigenvalue weighted by Gasteiger charge is 2.44. The van der Waals surface area contributed by atoms with Gasteiger partial charge in [-0.2, -0.15) is 0 Å². The average molecular weight is 281 g/mol. The summed E-state index contributed by atoms with van der Waals surface area (Å²) in [6.07, 6.45) is 8.10. The Labute approximate surface area is 123 Å². The lowest BCUT2D eigenvalue weighted by atomic mass is 9.97. The van der Waals surface area contributed by atoms with E-state index in [1.165, 1.54) is 45.1 Å². The van der Waals surface area contributed by atoms with Crippen molar-refractivity contribution in [2.24, 2.45) is 0 Å². The molecule has 1 aliphatic carbocycles. The predicted octanol–water partition coefficient (Wildman–Crippen LogP) is 1.85. The molecule has 1 N–H and O–H groups in total. The topological polar surface area (TPSA) is 45.5 Å². The van der Waals surface area contributed by atoms with Crippen LogP contribution >= 0.6 is 0 Å². The summed E-state index contributed by atoms with van der Waals surface area (Å²) >= 11 is 0. The molecule has 4 nitrogen and oxygen atoms in total. The summed E-state index contributed by atoms with van der Waals surface area (Å²) in [7, 11) is 2.19. The molecule has 116 valence electrons. The van der Waals surface area contributed by atoms with Gasteiger partial charge in [0.2, 0.25) is 5.91 Å². The molecule has 0 bridgehead atoms. The molecule has 4 fully saturated rings. The molecule has 3 unspecified atom stereocenters. The Hall–Kier alpha value is -0.610. The van der Waals surface area contributed by atoms with Crippen LogP contribution in [0.1, 0.15) is 52.4 Å². The third-order valence-electron chi connectivity index (χ3n) is 4.43. The molecule has 4 heteroatoms. The van der Waals surface area contributed by atoms with E-state index in [-0.39, 0.29) is 6.04 Å². The van der Waals surface area contributed by atoms with Gasteiger partial charge in [-0.1, -0.05) is 33.1 Å². The first-order valence-electron chi connectivity index (χ1n) is 8.51. The van der Waals surface area contributed by atoms with Crippen molar-refractivity contribution in [2.75, 3.05) is 26.7 Å². The molecule has 4 rings (SSSR count). The zero-order chi connectivity index (χ0) is 14.5. The summed E-state index contributed by atoms with van der Waals surface area (Å²) in [4.78, 5) is 16.6. The maximum absolute atomic E-state index is 12.0. The van der Waals surface area contributed by atoms with E-state index < -0.39 is 0 Å². The number of carbonyl (C=O) groups is 1. The molecule has 4 aliphatic rings. The van der Waals surface area contributed by atoms with Crippen LogP contribution in [-0.4, -0.2) is 60.5 Å². The maximum Gasteiger partial charge on any atom is 0.241 e. The van der Waals surface area contributed by atoms with Gasteiger partial charge in [0, 0.05) is 25.2 Å². The fourth-order valence-corrected chi connectivity index (χ4v) is 3.12. The number of nitrogens with one attached hydrogen (secondary N) is 1. The van der Waals surface area contributed by atoms with Crippen molar-refractivity contribution < 1.29 is 4.79 Å². The SMILES string of the molecule is C1CC1.CC.CN1CCCC2C1CCN2C(=O)C1CN1. The van der Waals surface area contributed by atoms with Crippen LogP contribution in [0.5, 0.6) is 0 Å². The van der Waals surface area contributed by atoms with Crippen LogP contribution in [0.3, 0.4) is 0 Å². The first kappa shape index (κ1) is 15.8. The Morgan fingerprint density at radius 1 is 1.00 bits per heavy atom. The average Bonchev–Trinajstić information content (AvgIpc) is 3.37. The summed E-state index contributed by atoms with van der Waals surface area (Å²) in [5, 5.41) is 3.11. The van der Waals surface area contributed by atoms with Crippen molar-refractivity contribution in [2.45, 2.75) is 70.5 Å². The number of likely N-dealkylation sites (N-methyl/N-ethyl adjacent to an activating group) is 1. The molecule has 0 aromatic heterocycles.